The molecule has 0 bridgehead atoms. The highest BCUT2D eigenvalue weighted by atomic mass is 32.2. The molecule has 1 heterocycles. The molecule has 0 aliphatic carbocycles. The van der Waals surface area contributed by atoms with Crippen LogP contribution in [0, 0.1) is 0 Å². The van der Waals surface area contributed by atoms with Gasteiger partial charge in [-0.1, -0.05) is 6.07 Å². The van der Waals surface area contributed by atoms with Gasteiger partial charge in [0.05, 0.1) is 12.7 Å². The van der Waals surface area contributed by atoms with Gasteiger partial charge in [0.1, 0.15) is 0 Å². The van der Waals surface area contributed by atoms with Crippen molar-refractivity contribution in [2.75, 3.05) is 13.0 Å². The maximum absolute atomic E-state index is 11.3. The zero-order valence-electron chi connectivity index (χ0n) is 7.87. The van der Waals surface area contributed by atoms with Crippen LogP contribution in [0.25, 0.3) is 0 Å². The van der Waals surface area contributed by atoms with E-state index in [1.807, 2.05) is 12.1 Å². The summed E-state index contributed by atoms with van der Waals surface area (Å²) in [6, 6.07) is 5.67. The second kappa shape index (κ2) is 4.02. The maximum atomic E-state index is 11.3. The lowest BCUT2D eigenvalue weighted by Crippen LogP contribution is -2.17. The first-order chi connectivity index (χ1) is 6.81. The molecular weight excluding hydrogens is 198 g/mol. The van der Waals surface area contributed by atoms with Crippen LogP contribution in [0.5, 0.6) is 0 Å². The second-order valence-corrected chi connectivity index (χ2v) is 4.05. The first-order valence-electron chi connectivity index (χ1n) is 4.36. The summed E-state index contributed by atoms with van der Waals surface area (Å²) in [7, 11) is 1.40. The van der Waals surface area contributed by atoms with E-state index in [4.69, 9.17) is 0 Å². The van der Waals surface area contributed by atoms with E-state index in [0.29, 0.717) is 5.56 Å². The Morgan fingerprint density at radius 1 is 1.57 bits per heavy atom. The van der Waals surface area contributed by atoms with Gasteiger partial charge in [-0.05, 0) is 17.7 Å². The van der Waals surface area contributed by atoms with Gasteiger partial charge in [-0.2, -0.15) is 0 Å². The van der Waals surface area contributed by atoms with Crippen LogP contribution in [0.4, 0.5) is 0 Å². The number of hydrogen-bond donors (Lipinski definition) is 1. The van der Waals surface area contributed by atoms with E-state index in [0.717, 1.165) is 12.4 Å². The summed E-state index contributed by atoms with van der Waals surface area (Å²) < 4.78 is 4.66. The highest BCUT2D eigenvalue weighted by Crippen LogP contribution is 2.26. The Balaban J connectivity index is 2.33. The number of ether oxygens (including phenoxy) is 1. The quantitative estimate of drug-likeness (QED) is 0.713. The average Bonchev–Trinajstić information content (AvgIpc) is 2.27. The molecular formula is C10H11NO2S. The van der Waals surface area contributed by atoms with Crippen molar-refractivity contribution in [3.63, 3.8) is 0 Å². The van der Waals surface area contributed by atoms with Gasteiger partial charge < -0.3 is 10.1 Å². The molecule has 0 atom stereocenters. The van der Waals surface area contributed by atoms with E-state index in [-0.39, 0.29) is 5.97 Å². The fourth-order valence-electron chi connectivity index (χ4n) is 1.39. The number of thioether (sulfide) groups is 1. The predicted molar refractivity (Wildman–Crippen MR) is 55.3 cm³/mol. The molecule has 4 heteroatoms. The number of benzene rings is 1. The average molecular weight is 209 g/mol. The lowest BCUT2D eigenvalue weighted by atomic mass is 10.1. The van der Waals surface area contributed by atoms with Crippen molar-refractivity contribution in [1.29, 1.82) is 0 Å². The molecule has 1 N–H and O–H groups in total. The van der Waals surface area contributed by atoms with Gasteiger partial charge in [0, 0.05) is 17.3 Å². The van der Waals surface area contributed by atoms with Crippen molar-refractivity contribution in [2.45, 2.75) is 11.4 Å². The number of esters is 1. The Morgan fingerprint density at radius 2 is 2.43 bits per heavy atom. The van der Waals surface area contributed by atoms with Crippen molar-refractivity contribution in [3.8, 4) is 0 Å². The summed E-state index contributed by atoms with van der Waals surface area (Å²) in [5, 5.41) is 3.25. The molecule has 0 radical (unpaired) electrons. The highest BCUT2D eigenvalue weighted by Gasteiger charge is 2.12. The number of carbonyl (C=O) groups excluding carboxylic acids is 1. The fourth-order valence-corrected chi connectivity index (χ4v) is 2.29. The van der Waals surface area contributed by atoms with Gasteiger partial charge in [0.15, 0.2) is 0 Å². The number of carbonyl (C=O) groups is 1. The molecule has 0 spiro atoms. The molecule has 2 rings (SSSR count). The van der Waals surface area contributed by atoms with Crippen LogP contribution in [0.1, 0.15) is 15.9 Å². The van der Waals surface area contributed by atoms with E-state index in [1.165, 1.54) is 17.6 Å². The Kier molecular flexibility index (Phi) is 2.74. The van der Waals surface area contributed by atoms with Crippen LogP contribution in [0.3, 0.4) is 0 Å². The maximum Gasteiger partial charge on any atom is 0.337 e. The lowest BCUT2D eigenvalue weighted by molar-refractivity contribution is 0.0600. The van der Waals surface area contributed by atoms with Crippen LogP contribution in [-0.4, -0.2) is 19.0 Å². The molecule has 14 heavy (non-hydrogen) atoms. The molecule has 1 aliphatic rings. The topological polar surface area (TPSA) is 38.3 Å². The Bertz CT molecular complexity index is 365. The summed E-state index contributed by atoms with van der Waals surface area (Å²) in [6.45, 7) is 0.879. The summed E-state index contributed by atoms with van der Waals surface area (Å²) in [5.74, 6) is 0.629. The molecule has 0 saturated heterocycles. The number of fused-ring (bicyclic) bond motifs is 1. The van der Waals surface area contributed by atoms with E-state index >= 15 is 0 Å². The predicted octanol–water partition coefficient (Wildman–Crippen LogP) is 1.63. The summed E-state index contributed by atoms with van der Waals surface area (Å²) in [5.41, 5.74) is 1.87. The van der Waals surface area contributed by atoms with Crippen molar-refractivity contribution in [3.05, 3.63) is 29.3 Å². The van der Waals surface area contributed by atoms with Crippen LogP contribution in [0.2, 0.25) is 0 Å². The molecule has 74 valence electrons. The number of nitrogens with one attached hydrogen (secondary N) is 1. The van der Waals surface area contributed by atoms with E-state index in [9.17, 15) is 4.79 Å². The standard InChI is InChI=1S/C10H11NO2S/c1-13-10(12)7-2-3-8-5-11-6-14-9(8)4-7/h2-4,11H,5-6H2,1H3. The molecule has 0 fully saturated rings. The van der Waals surface area contributed by atoms with Gasteiger partial charge in [-0.25, -0.2) is 4.79 Å². The Labute approximate surface area is 86.8 Å². The van der Waals surface area contributed by atoms with Gasteiger partial charge in [0.25, 0.3) is 0 Å². The van der Waals surface area contributed by atoms with Crippen LogP contribution < -0.4 is 5.32 Å². The number of methoxy groups -OCH3 is 1. The zero-order chi connectivity index (χ0) is 9.97. The summed E-state index contributed by atoms with van der Waals surface area (Å²) >= 11 is 1.71. The minimum atomic E-state index is -0.271. The van der Waals surface area contributed by atoms with E-state index in [2.05, 4.69) is 10.1 Å². The summed E-state index contributed by atoms with van der Waals surface area (Å²) in [6.07, 6.45) is 0. The number of hydrogen-bond acceptors (Lipinski definition) is 4. The van der Waals surface area contributed by atoms with Gasteiger partial charge >= 0.3 is 5.97 Å². The van der Waals surface area contributed by atoms with E-state index < -0.39 is 0 Å². The monoisotopic (exact) mass is 209 g/mol. The molecule has 0 amide bonds. The molecule has 0 saturated carbocycles. The molecule has 1 aromatic rings. The Hall–Kier alpha value is -1.00. The van der Waals surface area contributed by atoms with Gasteiger partial charge in [0.2, 0.25) is 0 Å². The van der Waals surface area contributed by atoms with Gasteiger partial charge in [-0.3, -0.25) is 0 Å². The summed E-state index contributed by atoms with van der Waals surface area (Å²) in [4.78, 5) is 12.4. The molecule has 0 aromatic heterocycles. The third-order valence-electron chi connectivity index (χ3n) is 2.13. The van der Waals surface area contributed by atoms with Gasteiger partial charge in [-0.15, -0.1) is 11.8 Å². The van der Waals surface area contributed by atoms with Crippen LogP contribution >= 0.6 is 11.8 Å². The zero-order valence-corrected chi connectivity index (χ0v) is 8.69. The van der Waals surface area contributed by atoms with Crippen molar-refractivity contribution in [1.82, 2.24) is 5.32 Å². The SMILES string of the molecule is COC(=O)c1ccc2c(c1)SCNC2. The van der Waals surface area contributed by atoms with E-state index in [1.54, 1.807) is 17.8 Å². The smallest absolute Gasteiger partial charge is 0.337 e. The third-order valence-corrected chi connectivity index (χ3v) is 3.17. The minimum Gasteiger partial charge on any atom is -0.465 e. The van der Waals surface area contributed by atoms with Crippen molar-refractivity contribution >= 4 is 17.7 Å². The fraction of sp³-hybridized carbons (Fsp3) is 0.300. The third kappa shape index (κ3) is 1.76. The number of rotatable bonds is 1. The molecule has 3 nitrogen and oxygen atoms in total. The highest BCUT2D eigenvalue weighted by molar-refractivity contribution is 7.99. The van der Waals surface area contributed by atoms with Crippen molar-refractivity contribution in [2.24, 2.45) is 0 Å². The van der Waals surface area contributed by atoms with Crippen LogP contribution in [0.15, 0.2) is 23.1 Å². The minimum absolute atomic E-state index is 0.271. The first-order valence-corrected chi connectivity index (χ1v) is 5.34. The first kappa shape index (κ1) is 9.55. The lowest BCUT2D eigenvalue weighted by Gasteiger charge is -2.16. The normalized spacial score (nSPS) is 14.6. The van der Waals surface area contributed by atoms with Crippen molar-refractivity contribution < 1.29 is 9.53 Å². The van der Waals surface area contributed by atoms with Crippen LogP contribution in [-0.2, 0) is 11.3 Å². The molecule has 1 aliphatic heterocycles. The Morgan fingerprint density at radius 3 is 3.21 bits per heavy atom. The largest absolute Gasteiger partial charge is 0.465 e. The molecule has 0 unspecified atom stereocenters. The second-order valence-electron chi connectivity index (χ2n) is 3.03. The molecule has 1 aromatic carbocycles.